The van der Waals surface area contributed by atoms with Crippen molar-refractivity contribution in [3.8, 4) is 5.69 Å². The van der Waals surface area contributed by atoms with Crippen molar-refractivity contribution in [2.45, 2.75) is 85.6 Å². The molecule has 3 rings (SSSR count). The summed E-state index contributed by atoms with van der Waals surface area (Å²) in [7, 11) is 0. The average molecular weight is 552 g/mol. The van der Waals surface area contributed by atoms with Gasteiger partial charge in [-0.15, -0.1) is 0 Å². The molecule has 39 heavy (non-hydrogen) atoms. The number of carbonyl (C=O) groups is 2. The van der Waals surface area contributed by atoms with Crippen molar-refractivity contribution in [2.24, 2.45) is 0 Å². The van der Waals surface area contributed by atoms with Gasteiger partial charge in [-0.1, -0.05) is 78.3 Å². The Hall–Kier alpha value is -3.32. The number of hydrogen-bond donors (Lipinski definition) is 2. The third-order valence-electron chi connectivity index (χ3n) is 6.62. The molecule has 3 aromatic rings. The van der Waals surface area contributed by atoms with Crippen molar-refractivity contribution in [3.63, 3.8) is 0 Å². The molecular formula is C31H42ClN5O2. The van der Waals surface area contributed by atoms with E-state index in [4.69, 9.17) is 16.7 Å². The smallest absolute Gasteiger partial charge is 0.313 e. The highest BCUT2D eigenvalue weighted by molar-refractivity contribution is 6.30. The van der Waals surface area contributed by atoms with Crippen LogP contribution < -0.4 is 10.6 Å². The maximum atomic E-state index is 13.6. The summed E-state index contributed by atoms with van der Waals surface area (Å²) in [6, 6.07) is 14.8. The number of nitrogens with zero attached hydrogens (tertiary/aromatic N) is 3. The second kappa shape index (κ2) is 12.2. The topological polar surface area (TPSA) is 79.3 Å². The summed E-state index contributed by atoms with van der Waals surface area (Å²) in [6.45, 7) is 18.3. The van der Waals surface area contributed by atoms with E-state index >= 15 is 0 Å². The number of carbonyl (C=O) groups excluding carboxylic acids is 2. The van der Waals surface area contributed by atoms with Gasteiger partial charge in [-0.3, -0.25) is 4.79 Å². The van der Waals surface area contributed by atoms with Gasteiger partial charge in [-0.25, -0.2) is 9.48 Å². The van der Waals surface area contributed by atoms with Crippen LogP contribution in [0.4, 0.5) is 16.3 Å². The fourth-order valence-corrected chi connectivity index (χ4v) is 4.44. The molecule has 0 aliphatic carbocycles. The summed E-state index contributed by atoms with van der Waals surface area (Å²) in [5.41, 5.74) is 4.36. The van der Waals surface area contributed by atoms with Crippen molar-refractivity contribution in [2.75, 3.05) is 17.2 Å². The predicted molar refractivity (Wildman–Crippen MR) is 161 cm³/mol. The Morgan fingerprint density at radius 2 is 1.49 bits per heavy atom. The lowest BCUT2D eigenvalue weighted by atomic mass is 9.92. The van der Waals surface area contributed by atoms with E-state index in [1.165, 1.54) is 0 Å². The van der Waals surface area contributed by atoms with Gasteiger partial charge >= 0.3 is 6.03 Å². The zero-order valence-electron chi connectivity index (χ0n) is 24.6. The van der Waals surface area contributed by atoms with Crippen molar-refractivity contribution in [1.29, 1.82) is 0 Å². The van der Waals surface area contributed by atoms with Crippen molar-refractivity contribution >= 4 is 35.0 Å². The highest BCUT2D eigenvalue weighted by atomic mass is 35.5. The SMILES string of the molecule is CC(C)c1cccc(C(C)C)c1NC(=O)N(CC(=O)Nc1cc(C(C)(C)C)nn1-c1ccc(Cl)cc1)C(C)C. The number of halogens is 1. The van der Waals surface area contributed by atoms with Gasteiger partial charge in [0.1, 0.15) is 12.4 Å². The van der Waals surface area contributed by atoms with Crippen molar-refractivity contribution in [1.82, 2.24) is 14.7 Å². The molecule has 0 aliphatic heterocycles. The molecule has 1 heterocycles. The van der Waals surface area contributed by atoms with Gasteiger partial charge in [0.2, 0.25) is 5.91 Å². The number of para-hydroxylation sites is 1. The Kier molecular flexibility index (Phi) is 9.49. The normalized spacial score (nSPS) is 11.8. The van der Waals surface area contributed by atoms with E-state index in [0.717, 1.165) is 28.2 Å². The number of urea groups is 1. The Morgan fingerprint density at radius 3 is 1.97 bits per heavy atom. The third-order valence-corrected chi connectivity index (χ3v) is 6.87. The molecule has 8 heteroatoms. The van der Waals surface area contributed by atoms with E-state index in [-0.39, 0.29) is 41.8 Å². The molecule has 3 amide bonds. The summed E-state index contributed by atoms with van der Waals surface area (Å²) in [6.07, 6.45) is 0. The maximum Gasteiger partial charge on any atom is 0.322 e. The molecule has 0 unspecified atom stereocenters. The quantitative estimate of drug-likeness (QED) is 0.298. The van der Waals surface area contributed by atoms with Crippen LogP contribution in [-0.4, -0.2) is 39.2 Å². The Labute approximate surface area is 237 Å². The molecule has 0 aliphatic rings. The van der Waals surface area contributed by atoms with Crippen LogP contribution in [0.5, 0.6) is 0 Å². The van der Waals surface area contributed by atoms with Gasteiger partial charge in [0.05, 0.1) is 11.4 Å². The van der Waals surface area contributed by atoms with Crippen LogP contribution >= 0.6 is 11.6 Å². The first kappa shape index (κ1) is 30.2. The van der Waals surface area contributed by atoms with E-state index < -0.39 is 0 Å². The number of aromatic nitrogens is 2. The minimum absolute atomic E-state index is 0.110. The molecule has 210 valence electrons. The molecule has 0 saturated heterocycles. The Bertz CT molecular complexity index is 1280. The first-order chi connectivity index (χ1) is 18.2. The molecule has 0 atom stereocenters. The van der Waals surface area contributed by atoms with Crippen LogP contribution in [0.15, 0.2) is 48.5 Å². The molecule has 0 fully saturated rings. The first-order valence-electron chi connectivity index (χ1n) is 13.6. The van der Waals surface area contributed by atoms with Crippen LogP contribution in [0.2, 0.25) is 5.02 Å². The largest absolute Gasteiger partial charge is 0.322 e. The molecule has 1 aromatic heterocycles. The molecule has 2 aromatic carbocycles. The zero-order valence-corrected chi connectivity index (χ0v) is 25.3. The third kappa shape index (κ3) is 7.41. The summed E-state index contributed by atoms with van der Waals surface area (Å²) in [5.74, 6) is 0.694. The van der Waals surface area contributed by atoms with E-state index in [1.807, 2.05) is 50.2 Å². The summed E-state index contributed by atoms with van der Waals surface area (Å²) in [4.78, 5) is 28.4. The molecule has 0 saturated carbocycles. The number of anilines is 2. The van der Waals surface area contributed by atoms with Gasteiger partial charge in [-0.05, 0) is 61.1 Å². The van der Waals surface area contributed by atoms with Gasteiger partial charge in [0, 0.05) is 28.2 Å². The molecule has 0 radical (unpaired) electrons. The lowest BCUT2D eigenvalue weighted by molar-refractivity contribution is -0.117. The van der Waals surface area contributed by atoms with Crippen LogP contribution in [-0.2, 0) is 10.2 Å². The summed E-state index contributed by atoms with van der Waals surface area (Å²) in [5, 5.41) is 11.5. The Balaban J connectivity index is 1.87. The Morgan fingerprint density at radius 1 is 0.923 bits per heavy atom. The maximum absolute atomic E-state index is 13.6. The molecule has 7 nitrogen and oxygen atoms in total. The first-order valence-corrected chi connectivity index (χ1v) is 13.9. The monoisotopic (exact) mass is 551 g/mol. The minimum Gasteiger partial charge on any atom is -0.313 e. The molecule has 0 spiro atoms. The second-order valence-electron chi connectivity index (χ2n) is 11.9. The van der Waals surface area contributed by atoms with Gasteiger partial charge in [-0.2, -0.15) is 5.10 Å². The van der Waals surface area contributed by atoms with Crippen LogP contribution in [0.3, 0.4) is 0 Å². The number of amides is 3. The van der Waals surface area contributed by atoms with Crippen molar-refractivity contribution in [3.05, 3.63) is 70.4 Å². The summed E-state index contributed by atoms with van der Waals surface area (Å²) >= 11 is 6.09. The zero-order chi connectivity index (χ0) is 29.1. The molecular weight excluding hydrogens is 510 g/mol. The predicted octanol–water partition coefficient (Wildman–Crippen LogP) is 7.95. The lowest BCUT2D eigenvalue weighted by Crippen LogP contribution is -2.45. The lowest BCUT2D eigenvalue weighted by Gasteiger charge is -2.28. The van der Waals surface area contributed by atoms with Crippen LogP contribution in [0.1, 0.15) is 91.0 Å². The highest BCUT2D eigenvalue weighted by Crippen LogP contribution is 2.33. The number of nitrogens with one attached hydrogen (secondary N) is 2. The molecule has 0 bridgehead atoms. The second-order valence-corrected chi connectivity index (χ2v) is 12.3. The molecule has 2 N–H and O–H groups in total. The van der Waals surface area contributed by atoms with E-state index in [2.05, 4.69) is 59.1 Å². The number of benzene rings is 2. The van der Waals surface area contributed by atoms with Gasteiger partial charge < -0.3 is 15.5 Å². The highest BCUT2D eigenvalue weighted by Gasteiger charge is 2.25. The minimum atomic E-state index is -0.310. The number of hydrogen-bond acceptors (Lipinski definition) is 3. The number of rotatable bonds is 8. The summed E-state index contributed by atoms with van der Waals surface area (Å²) < 4.78 is 1.70. The fraction of sp³-hybridized carbons (Fsp3) is 0.452. The van der Waals surface area contributed by atoms with E-state index in [1.54, 1.807) is 21.7 Å². The standard InChI is InChI=1S/C31H42ClN5O2/c1-19(2)24-11-10-12-25(20(3)4)29(24)34-30(39)36(21(5)6)18-28(38)33-27-17-26(31(7,8)9)35-37(27)23-15-13-22(32)14-16-23/h10-17,19-21H,18H2,1-9H3,(H,33,38)(H,34,39). The van der Waals surface area contributed by atoms with Crippen LogP contribution in [0.25, 0.3) is 5.69 Å². The average Bonchev–Trinajstić information content (AvgIpc) is 3.26. The van der Waals surface area contributed by atoms with Gasteiger partial charge in [0.15, 0.2) is 0 Å². The van der Waals surface area contributed by atoms with Crippen LogP contribution in [0, 0.1) is 0 Å². The van der Waals surface area contributed by atoms with Crippen molar-refractivity contribution < 1.29 is 9.59 Å². The van der Waals surface area contributed by atoms with E-state index in [0.29, 0.717) is 10.8 Å². The van der Waals surface area contributed by atoms with E-state index in [9.17, 15) is 9.59 Å². The van der Waals surface area contributed by atoms with Gasteiger partial charge in [0.25, 0.3) is 0 Å². The fourth-order valence-electron chi connectivity index (χ4n) is 4.32.